The second kappa shape index (κ2) is 8.79. The van der Waals surface area contributed by atoms with E-state index in [0.717, 1.165) is 11.5 Å². The van der Waals surface area contributed by atoms with Crippen LogP contribution >= 0.6 is 35.0 Å². The van der Waals surface area contributed by atoms with Crippen molar-refractivity contribution in [1.82, 2.24) is 5.32 Å². The van der Waals surface area contributed by atoms with Gasteiger partial charge >= 0.3 is 5.97 Å². The Kier molecular flexibility index (Phi) is 7.02. The van der Waals surface area contributed by atoms with Gasteiger partial charge in [0, 0.05) is 23.8 Å². The van der Waals surface area contributed by atoms with Crippen LogP contribution in [-0.2, 0) is 14.3 Å². The van der Waals surface area contributed by atoms with Gasteiger partial charge in [0.15, 0.2) is 0 Å². The lowest BCUT2D eigenvalue weighted by atomic mass is 9.84. The zero-order valence-electron chi connectivity index (χ0n) is 13.5. The molecule has 0 saturated carbocycles. The minimum Gasteiger partial charge on any atom is -0.461 e. The van der Waals surface area contributed by atoms with Gasteiger partial charge in [0.05, 0.1) is 15.6 Å². The van der Waals surface area contributed by atoms with Gasteiger partial charge in [0.25, 0.3) is 0 Å². The van der Waals surface area contributed by atoms with Crippen molar-refractivity contribution in [3.05, 3.63) is 45.1 Å². The minimum atomic E-state index is -0.462. The van der Waals surface area contributed by atoms with Crippen LogP contribution in [0.3, 0.4) is 0 Å². The highest BCUT2D eigenvalue weighted by Gasteiger charge is 2.34. The first-order chi connectivity index (χ1) is 11.5. The Labute approximate surface area is 155 Å². The topological polar surface area (TPSA) is 55.4 Å². The summed E-state index contributed by atoms with van der Waals surface area (Å²) in [7, 11) is 0. The smallest absolute Gasteiger partial charge is 0.336 e. The van der Waals surface area contributed by atoms with Crippen LogP contribution in [-0.4, -0.2) is 30.0 Å². The second-order valence-electron chi connectivity index (χ2n) is 5.32. The number of carbonyl (C=O) groups excluding carboxylic acids is 2. The van der Waals surface area contributed by atoms with Gasteiger partial charge in [0.2, 0.25) is 5.91 Å². The molecule has 0 fully saturated rings. The molecular formula is C17H19Cl2NO3S. The normalized spacial score (nSPS) is 17.7. The zero-order valence-corrected chi connectivity index (χ0v) is 15.9. The first kappa shape index (κ1) is 19.2. The maximum Gasteiger partial charge on any atom is 0.336 e. The van der Waals surface area contributed by atoms with E-state index in [1.54, 1.807) is 36.9 Å². The van der Waals surface area contributed by atoms with Crippen molar-refractivity contribution in [2.24, 2.45) is 0 Å². The number of allylic oxidation sites excluding steroid dienone is 1. The molecule has 1 heterocycles. The van der Waals surface area contributed by atoms with Gasteiger partial charge in [-0.1, -0.05) is 42.3 Å². The summed E-state index contributed by atoms with van der Waals surface area (Å²) in [5, 5.41) is 3.46. The van der Waals surface area contributed by atoms with Crippen LogP contribution in [0.4, 0.5) is 0 Å². The molecule has 1 aliphatic heterocycles. The van der Waals surface area contributed by atoms with Crippen LogP contribution < -0.4 is 5.32 Å². The van der Waals surface area contributed by atoms with Crippen molar-refractivity contribution in [2.45, 2.75) is 26.2 Å². The Balaban J connectivity index is 2.30. The van der Waals surface area contributed by atoms with Gasteiger partial charge in [-0.05, 0) is 24.3 Å². The first-order valence-corrected chi connectivity index (χ1v) is 9.56. The fourth-order valence-corrected chi connectivity index (χ4v) is 3.57. The fourth-order valence-electron chi connectivity index (χ4n) is 2.64. The lowest BCUT2D eigenvalue weighted by molar-refractivity contribution is -0.139. The molecule has 0 bridgehead atoms. The number of benzene rings is 1. The SMILES string of the molecule is CCSCCOC(=O)C1=C(C)NC(=O)C[C@H]1c1cccc(Cl)c1Cl. The third-order valence-electron chi connectivity index (χ3n) is 3.71. The molecule has 0 aliphatic carbocycles. The van der Waals surface area contributed by atoms with Crippen molar-refractivity contribution >= 4 is 46.8 Å². The average molecular weight is 388 g/mol. The molecule has 4 nitrogen and oxygen atoms in total. The van der Waals surface area contributed by atoms with E-state index in [4.69, 9.17) is 27.9 Å². The van der Waals surface area contributed by atoms with E-state index < -0.39 is 11.9 Å². The highest BCUT2D eigenvalue weighted by atomic mass is 35.5. The molecular weight excluding hydrogens is 369 g/mol. The molecule has 1 aliphatic rings. The third kappa shape index (κ3) is 4.47. The Hall–Kier alpha value is -1.17. The van der Waals surface area contributed by atoms with E-state index in [2.05, 4.69) is 5.32 Å². The lowest BCUT2D eigenvalue weighted by Crippen LogP contribution is -2.34. The Morgan fingerprint density at radius 2 is 2.17 bits per heavy atom. The highest BCUT2D eigenvalue weighted by molar-refractivity contribution is 7.99. The number of halogens is 2. The number of thioether (sulfide) groups is 1. The molecule has 130 valence electrons. The number of ether oxygens (including phenoxy) is 1. The number of amides is 1. The quantitative estimate of drug-likeness (QED) is 0.587. The van der Waals surface area contributed by atoms with Crippen LogP contribution in [0, 0.1) is 0 Å². The second-order valence-corrected chi connectivity index (χ2v) is 7.50. The minimum absolute atomic E-state index is 0.131. The molecule has 7 heteroatoms. The van der Waals surface area contributed by atoms with Crippen molar-refractivity contribution in [2.75, 3.05) is 18.1 Å². The standard InChI is InChI=1S/C17H19Cl2NO3S/c1-3-24-8-7-23-17(22)15-10(2)20-14(21)9-12(15)11-5-4-6-13(18)16(11)19/h4-6,12H,3,7-9H2,1-2H3,(H,20,21)/t12-/m0/s1. The molecule has 0 radical (unpaired) electrons. The number of hydrogen-bond donors (Lipinski definition) is 1. The Morgan fingerprint density at radius 1 is 1.42 bits per heavy atom. The van der Waals surface area contributed by atoms with Gasteiger partial charge in [-0.3, -0.25) is 4.79 Å². The van der Waals surface area contributed by atoms with Gasteiger partial charge < -0.3 is 10.1 Å². The fraction of sp³-hybridized carbons (Fsp3) is 0.412. The largest absolute Gasteiger partial charge is 0.461 e. The predicted molar refractivity (Wildman–Crippen MR) is 98.6 cm³/mol. The van der Waals surface area contributed by atoms with E-state index in [1.165, 1.54) is 0 Å². The molecule has 1 atom stereocenters. The zero-order chi connectivity index (χ0) is 17.7. The van der Waals surface area contributed by atoms with E-state index in [1.807, 2.05) is 6.92 Å². The summed E-state index contributed by atoms with van der Waals surface area (Å²) in [6.07, 6.45) is 0.131. The summed E-state index contributed by atoms with van der Waals surface area (Å²) in [4.78, 5) is 24.5. The maximum atomic E-state index is 12.5. The molecule has 0 aromatic heterocycles. The molecule has 1 aromatic rings. The number of nitrogens with one attached hydrogen (secondary N) is 1. The molecule has 1 amide bonds. The Morgan fingerprint density at radius 3 is 2.88 bits per heavy atom. The van der Waals surface area contributed by atoms with E-state index in [9.17, 15) is 9.59 Å². The molecule has 0 spiro atoms. The van der Waals surface area contributed by atoms with Crippen molar-refractivity contribution in [3.8, 4) is 0 Å². The van der Waals surface area contributed by atoms with Crippen molar-refractivity contribution in [1.29, 1.82) is 0 Å². The number of hydrogen-bond acceptors (Lipinski definition) is 4. The van der Waals surface area contributed by atoms with Gasteiger partial charge in [0.1, 0.15) is 6.61 Å². The summed E-state index contributed by atoms with van der Waals surface area (Å²) in [6, 6.07) is 5.21. The Bertz CT molecular complexity index is 676. The maximum absolute atomic E-state index is 12.5. The number of esters is 1. The van der Waals surface area contributed by atoms with Crippen LogP contribution in [0.15, 0.2) is 29.5 Å². The van der Waals surface area contributed by atoms with Gasteiger partial charge in [-0.25, -0.2) is 4.79 Å². The van der Waals surface area contributed by atoms with Crippen molar-refractivity contribution in [3.63, 3.8) is 0 Å². The summed E-state index contributed by atoms with van der Waals surface area (Å²) in [6.45, 7) is 4.07. The predicted octanol–water partition coefficient (Wildman–Crippen LogP) is 4.17. The summed E-state index contributed by atoms with van der Waals surface area (Å²) < 4.78 is 5.37. The number of carbonyl (C=O) groups is 2. The molecule has 1 N–H and O–H groups in total. The lowest BCUT2D eigenvalue weighted by Gasteiger charge is -2.27. The molecule has 0 saturated heterocycles. The molecule has 0 unspecified atom stereocenters. The van der Waals surface area contributed by atoms with Crippen LogP contribution in [0.2, 0.25) is 10.0 Å². The first-order valence-electron chi connectivity index (χ1n) is 7.65. The highest BCUT2D eigenvalue weighted by Crippen LogP contribution is 2.39. The van der Waals surface area contributed by atoms with Crippen LogP contribution in [0.25, 0.3) is 0 Å². The van der Waals surface area contributed by atoms with Gasteiger partial charge in [-0.15, -0.1) is 0 Å². The van der Waals surface area contributed by atoms with Crippen molar-refractivity contribution < 1.29 is 14.3 Å². The monoisotopic (exact) mass is 387 g/mol. The van der Waals surface area contributed by atoms with E-state index in [0.29, 0.717) is 33.5 Å². The number of rotatable bonds is 6. The van der Waals surface area contributed by atoms with Crippen LogP contribution in [0.1, 0.15) is 31.7 Å². The molecule has 24 heavy (non-hydrogen) atoms. The van der Waals surface area contributed by atoms with E-state index >= 15 is 0 Å². The summed E-state index contributed by atoms with van der Waals surface area (Å²) >= 11 is 14.1. The van der Waals surface area contributed by atoms with Gasteiger partial charge in [-0.2, -0.15) is 11.8 Å². The summed E-state index contributed by atoms with van der Waals surface area (Å²) in [5.74, 6) is 0.660. The third-order valence-corrected chi connectivity index (χ3v) is 5.41. The van der Waals surface area contributed by atoms with E-state index in [-0.39, 0.29) is 12.3 Å². The average Bonchev–Trinajstić information content (AvgIpc) is 2.53. The molecule has 2 rings (SSSR count). The molecule has 1 aromatic carbocycles. The van der Waals surface area contributed by atoms with Crippen LogP contribution in [0.5, 0.6) is 0 Å². The summed E-state index contributed by atoms with van der Waals surface area (Å²) in [5.41, 5.74) is 1.59.